The number of carbonyl (C=O) groups is 1. The van der Waals surface area contributed by atoms with Crippen molar-refractivity contribution >= 4 is 63.3 Å². The largest absolute Gasteiger partial charge is 0.481 e. The number of aliphatic carboxylic acids is 1. The molecular formula is C15H11BrF3IN4O2S. The average molecular weight is 575 g/mol. The minimum atomic E-state index is -4.64. The first kappa shape index (κ1) is 20.5. The Morgan fingerprint density at radius 3 is 2.70 bits per heavy atom. The van der Waals surface area contributed by atoms with Gasteiger partial charge in [-0.05, 0) is 28.4 Å². The van der Waals surface area contributed by atoms with Crippen LogP contribution in [0.1, 0.15) is 18.5 Å². The quantitative estimate of drug-likeness (QED) is 0.400. The average Bonchev–Trinajstić information content (AvgIpc) is 3.15. The highest BCUT2D eigenvalue weighted by Gasteiger charge is 2.38. The Morgan fingerprint density at radius 2 is 2.07 bits per heavy atom. The Labute approximate surface area is 176 Å². The summed E-state index contributed by atoms with van der Waals surface area (Å²) in [5.74, 6) is -1.00. The number of hydrogen-bond donors (Lipinski definition) is 1. The Balaban J connectivity index is 2.12. The summed E-state index contributed by atoms with van der Waals surface area (Å²) in [5.41, 5.74) is -0.165. The molecule has 12 heteroatoms. The fourth-order valence-corrected chi connectivity index (χ4v) is 4.24. The summed E-state index contributed by atoms with van der Waals surface area (Å²) in [6.07, 6.45) is -0.115. The third-order valence-corrected chi connectivity index (χ3v) is 5.88. The van der Waals surface area contributed by atoms with Crippen molar-refractivity contribution < 1.29 is 23.1 Å². The molecule has 3 aromatic rings. The van der Waals surface area contributed by atoms with Crippen molar-refractivity contribution in [2.75, 3.05) is 0 Å². The van der Waals surface area contributed by atoms with Crippen LogP contribution >= 0.6 is 46.3 Å². The zero-order valence-electron chi connectivity index (χ0n) is 13.4. The number of rotatable bonds is 6. The first-order chi connectivity index (χ1) is 12.7. The summed E-state index contributed by atoms with van der Waals surface area (Å²) in [4.78, 5) is 14.9. The van der Waals surface area contributed by atoms with E-state index in [4.69, 9.17) is 5.11 Å². The zero-order valence-corrected chi connectivity index (χ0v) is 17.9. The van der Waals surface area contributed by atoms with Gasteiger partial charge < -0.3 is 5.11 Å². The van der Waals surface area contributed by atoms with E-state index >= 15 is 0 Å². The van der Waals surface area contributed by atoms with Crippen LogP contribution in [0.4, 0.5) is 13.2 Å². The third kappa shape index (κ3) is 4.42. The first-order valence-electron chi connectivity index (χ1n) is 7.53. The molecule has 0 fully saturated rings. The Morgan fingerprint density at radius 1 is 1.33 bits per heavy atom. The van der Waals surface area contributed by atoms with Crippen molar-refractivity contribution in [2.45, 2.75) is 25.6 Å². The number of pyridine rings is 1. The Bertz CT molecular complexity index is 1010. The lowest BCUT2D eigenvalue weighted by molar-refractivity contribution is -0.141. The van der Waals surface area contributed by atoms with Gasteiger partial charge in [0, 0.05) is 82.9 Å². The first-order valence-corrected chi connectivity index (χ1v) is 11.6. The zero-order chi connectivity index (χ0) is 19.8. The van der Waals surface area contributed by atoms with Crippen LogP contribution in [0.3, 0.4) is 0 Å². The monoisotopic (exact) mass is 574 g/mol. The molecule has 0 amide bonds. The number of nitrogens with zero attached hydrogens (tertiary/aromatic N) is 4. The van der Waals surface area contributed by atoms with Gasteiger partial charge in [-0.3, -0.25) is 13.4 Å². The fraction of sp³-hybridized carbons (Fsp3) is 0.267. The van der Waals surface area contributed by atoms with Crippen molar-refractivity contribution in [3.05, 3.63) is 34.8 Å². The predicted molar refractivity (Wildman–Crippen MR) is 108 cm³/mol. The predicted octanol–water partition coefficient (Wildman–Crippen LogP) is 5.39. The summed E-state index contributed by atoms with van der Waals surface area (Å²) < 4.78 is 44.1. The van der Waals surface area contributed by atoms with Crippen LogP contribution in [0.5, 0.6) is 0 Å². The molecule has 3 heterocycles. The number of carboxylic acid groups (broad SMARTS) is 1. The summed E-state index contributed by atoms with van der Waals surface area (Å²) in [6.45, 7) is 0.0804. The number of hydrogen-bond acceptors (Lipinski definition) is 4. The molecule has 0 aliphatic carbocycles. The van der Waals surface area contributed by atoms with Gasteiger partial charge in [0.2, 0.25) is 0 Å². The van der Waals surface area contributed by atoms with Gasteiger partial charge >= 0.3 is 12.1 Å². The molecule has 144 valence electrons. The smallest absolute Gasteiger partial charge is 0.435 e. The van der Waals surface area contributed by atoms with E-state index in [0.29, 0.717) is 21.1 Å². The minimum absolute atomic E-state index is 0.0630. The highest BCUT2D eigenvalue weighted by Crippen LogP contribution is 2.41. The van der Waals surface area contributed by atoms with Crippen LogP contribution < -0.4 is 0 Å². The van der Waals surface area contributed by atoms with Crippen molar-refractivity contribution in [2.24, 2.45) is 0 Å². The van der Waals surface area contributed by atoms with Crippen molar-refractivity contribution in [1.82, 2.24) is 18.7 Å². The molecule has 3 aromatic heterocycles. The molecule has 1 N–H and O–H groups in total. The topological polar surface area (TPSA) is 72.9 Å². The number of aryl methyl sites for hydroxylation is 1. The lowest BCUT2D eigenvalue weighted by Gasteiger charge is -2.05. The summed E-state index contributed by atoms with van der Waals surface area (Å²) in [7, 11) is 1.29. The van der Waals surface area contributed by atoms with Gasteiger partial charge in [0.15, 0.2) is 11.3 Å². The molecule has 3 rings (SSSR count). The van der Waals surface area contributed by atoms with E-state index in [0.717, 1.165) is 4.68 Å². The number of alkyl halides is 3. The second-order valence-electron chi connectivity index (χ2n) is 5.61. The highest BCUT2D eigenvalue weighted by molar-refractivity contribution is 14.2. The fourth-order valence-electron chi connectivity index (χ4n) is 2.66. The summed E-state index contributed by atoms with van der Waals surface area (Å²) in [5, 5.41) is 12.9. The van der Waals surface area contributed by atoms with E-state index in [9.17, 15) is 18.0 Å². The van der Waals surface area contributed by atoms with E-state index in [1.165, 1.54) is 15.3 Å². The Kier molecular flexibility index (Phi) is 6.05. The molecule has 0 radical (unpaired) electrons. The van der Waals surface area contributed by atoms with Crippen LogP contribution in [0.2, 0.25) is 0 Å². The summed E-state index contributed by atoms with van der Waals surface area (Å²) >= 11 is 5.33. The van der Waals surface area contributed by atoms with Gasteiger partial charge in [0.1, 0.15) is 0 Å². The maximum Gasteiger partial charge on any atom is 0.435 e. The molecule has 0 unspecified atom stereocenters. The Hall–Kier alpha value is -1.28. The SMILES string of the molecule is O=C(O)CCCn1cc(-c2cn(SI)c3ncc(Br)cc23)c(C(F)(F)F)n1. The number of carboxylic acids is 1. The molecule has 0 aliphatic heterocycles. The van der Waals surface area contributed by atoms with Crippen LogP contribution in [0.15, 0.2) is 29.1 Å². The number of fused-ring (bicyclic) bond motifs is 1. The molecule has 27 heavy (non-hydrogen) atoms. The van der Waals surface area contributed by atoms with E-state index in [-0.39, 0.29) is 24.9 Å². The van der Waals surface area contributed by atoms with Crippen LogP contribution in [-0.2, 0) is 17.5 Å². The normalized spacial score (nSPS) is 12.0. The maximum absolute atomic E-state index is 13.6. The lowest BCUT2D eigenvalue weighted by atomic mass is 10.1. The molecule has 0 atom stereocenters. The molecule has 0 saturated carbocycles. The van der Waals surface area contributed by atoms with E-state index in [2.05, 4.69) is 26.0 Å². The maximum atomic E-state index is 13.6. The van der Waals surface area contributed by atoms with Crippen LogP contribution in [0, 0.1) is 0 Å². The van der Waals surface area contributed by atoms with E-state index in [1.807, 2.05) is 21.2 Å². The number of aromatic nitrogens is 4. The molecule has 0 aromatic carbocycles. The van der Waals surface area contributed by atoms with Gasteiger partial charge in [-0.25, -0.2) is 4.98 Å². The van der Waals surface area contributed by atoms with Crippen LogP contribution in [0.25, 0.3) is 22.2 Å². The second kappa shape index (κ2) is 7.99. The molecule has 6 nitrogen and oxygen atoms in total. The van der Waals surface area contributed by atoms with Crippen LogP contribution in [-0.4, -0.2) is 29.8 Å². The van der Waals surface area contributed by atoms with E-state index < -0.39 is 17.8 Å². The molecule has 0 aliphatic rings. The lowest BCUT2D eigenvalue weighted by Crippen LogP contribution is -2.09. The number of halogens is 5. The highest BCUT2D eigenvalue weighted by atomic mass is 127. The van der Waals surface area contributed by atoms with E-state index in [1.54, 1.807) is 22.4 Å². The second-order valence-corrected chi connectivity index (χ2v) is 8.24. The molecule has 0 saturated heterocycles. The third-order valence-electron chi connectivity index (χ3n) is 3.75. The molecule has 0 spiro atoms. The van der Waals surface area contributed by atoms with Gasteiger partial charge in [0.25, 0.3) is 0 Å². The van der Waals surface area contributed by atoms with Crippen molar-refractivity contribution in [3.63, 3.8) is 0 Å². The van der Waals surface area contributed by atoms with Crippen molar-refractivity contribution in [1.29, 1.82) is 0 Å². The standard InChI is InChI=1S/C15H11BrF3IN4O2S/c16-8-4-9-10(7-24(27-20)14(9)21-5-8)11-6-23(3-1-2-12(25)26)22-13(11)15(17,18)19/h4-7H,1-3H2,(H,25,26). The summed E-state index contributed by atoms with van der Waals surface area (Å²) in [6, 6.07) is 1.71. The van der Waals surface area contributed by atoms with Gasteiger partial charge in [-0.1, -0.05) is 0 Å². The molecule has 0 bridgehead atoms. The molecular weight excluding hydrogens is 564 g/mol. The van der Waals surface area contributed by atoms with Gasteiger partial charge in [-0.2, -0.15) is 18.3 Å². The van der Waals surface area contributed by atoms with Crippen molar-refractivity contribution in [3.8, 4) is 11.1 Å². The minimum Gasteiger partial charge on any atom is -0.481 e. The van der Waals surface area contributed by atoms with Gasteiger partial charge in [0.05, 0.1) is 0 Å². The van der Waals surface area contributed by atoms with Gasteiger partial charge in [-0.15, -0.1) is 0 Å².